The summed E-state index contributed by atoms with van der Waals surface area (Å²) < 4.78 is 5.44. The van der Waals surface area contributed by atoms with E-state index in [1.807, 2.05) is 31.2 Å². The molecule has 3 amide bonds. The predicted molar refractivity (Wildman–Crippen MR) is 155 cm³/mol. The summed E-state index contributed by atoms with van der Waals surface area (Å²) in [5, 5.41) is 5.28. The number of piperidine rings is 1. The van der Waals surface area contributed by atoms with Gasteiger partial charge in [0.2, 0.25) is 17.7 Å². The zero-order valence-corrected chi connectivity index (χ0v) is 24.3. The number of ketones is 1. The lowest BCUT2D eigenvalue weighted by molar-refractivity contribution is -0.135. The topological polar surface area (TPSA) is 105 Å². The molecule has 0 aliphatic carbocycles. The zero-order chi connectivity index (χ0) is 29.1. The quantitative estimate of drug-likeness (QED) is 0.363. The Hall–Kier alpha value is -3.36. The van der Waals surface area contributed by atoms with Crippen LogP contribution in [0.5, 0.6) is 0 Å². The van der Waals surface area contributed by atoms with E-state index >= 15 is 0 Å². The first-order valence-corrected chi connectivity index (χ1v) is 14.3. The third-order valence-electron chi connectivity index (χ3n) is 7.35. The minimum Gasteiger partial charge on any atom is -0.379 e. The molecule has 1 atom stereocenters. The lowest BCUT2D eigenvalue weighted by Crippen LogP contribution is -2.39. The Morgan fingerprint density at radius 1 is 1.05 bits per heavy atom. The van der Waals surface area contributed by atoms with Crippen LogP contribution >= 0.6 is 0 Å². The second kappa shape index (κ2) is 15.4. The Labute approximate surface area is 237 Å². The molecule has 216 valence electrons. The minimum absolute atomic E-state index is 0.00821. The molecule has 2 heterocycles. The van der Waals surface area contributed by atoms with Crippen molar-refractivity contribution in [3.63, 3.8) is 0 Å². The van der Waals surface area contributed by atoms with Crippen LogP contribution in [0.25, 0.3) is 0 Å². The highest BCUT2D eigenvalue weighted by Gasteiger charge is 2.21. The molecule has 2 aromatic rings. The third-order valence-corrected chi connectivity index (χ3v) is 7.35. The number of morpholine rings is 1. The van der Waals surface area contributed by atoms with Crippen LogP contribution in [0.4, 0.5) is 0 Å². The van der Waals surface area contributed by atoms with E-state index in [4.69, 9.17) is 4.74 Å². The summed E-state index contributed by atoms with van der Waals surface area (Å²) in [6, 6.07) is 12.2. The Kier molecular flexibility index (Phi) is 12.0. The summed E-state index contributed by atoms with van der Waals surface area (Å²) in [5.74, 6) is -0.160. The van der Waals surface area contributed by atoms with Gasteiger partial charge in [0.05, 0.1) is 19.6 Å². The van der Waals surface area contributed by atoms with Crippen LogP contribution in [-0.2, 0) is 45.1 Å². The molecule has 2 aliphatic rings. The van der Waals surface area contributed by atoms with Crippen molar-refractivity contribution >= 4 is 23.5 Å². The van der Waals surface area contributed by atoms with Crippen molar-refractivity contribution in [2.24, 2.45) is 5.92 Å². The maximum absolute atomic E-state index is 12.6. The predicted octanol–water partition coefficient (Wildman–Crippen LogP) is 3.90. The monoisotopic (exact) mass is 549 g/mol. The minimum atomic E-state index is -0.141. The number of imide groups is 1. The molecule has 4 rings (SSSR count). The number of aryl methyl sites for hydroxylation is 2. The molecule has 0 saturated carbocycles. The summed E-state index contributed by atoms with van der Waals surface area (Å²) >= 11 is 0. The van der Waals surface area contributed by atoms with Crippen molar-refractivity contribution in [3.8, 4) is 0 Å². The van der Waals surface area contributed by atoms with Gasteiger partial charge in [-0.3, -0.25) is 29.4 Å². The first kappa shape index (κ1) is 31.2. The summed E-state index contributed by atoms with van der Waals surface area (Å²) in [6.45, 7) is 12.5. The summed E-state index contributed by atoms with van der Waals surface area (Å²) in [6.07, 6.45) is 3.41. The van der Waals surface area contributed by atoms with Gasteiger partial charge in [0.1, 0.15) is 0 Å². The normalized spacial score (nSPS) is 17.4. The summed E-state index contributed by atoms with van der Waals surface area (Å²) in [7, 11) is 0. The molecule has 0 bridgehead atoms. The second-order valence-electron chi connectivity index (χ2n) is 10.8. The number of hydrogen-bond acceptors (Lipinski definition) is 6. The molecule has 2 saturated heterocycles. The fourth-order valence-corrected chi connectivity index (χ4v) is 4.83. The number of Topliss-reactive ketones (excluding diaryl/α,β-unsaturated/α-hetero) is 1. The Bertz CT molecular complexity index is 1200. The fraction of sp³-hybridized carbons (Fsp3) is 0.500. The van der Waals surface area contributed by atoms with Crippen LogP contribution in [0.2, 0.25) is 0 Å². The van der Waals surface area contributed by atoms with E-state index in [1.165, 1.54) is 11.1 Å². The number of nitrogens with one attached hydrogen (secondary N) is 2. The molecule has 0 spiro atoms. The highest BCUT2D eigenvalue weighted by Crippen LogP contribution is 2.17. The van der Waals surface area contributed by atoms with Crippen LogP contribution in [-0.4, -0.2) is 54.7 Å². The average molecular weight is 550 g/mol. The van der Waals surface area contributed by atoms with Gasteiger partial charge < -0.3 is 10.1 Å². The first-order chi connectivity index (χ1) is 19.2. The smallest absolute Gasteiger partial charge is 0.229 e. The van der Waals surface area contributed by atoms with Crippen LogP contribution in [0.15, 0.2) is 36.4 Å². The number of ether oxygens (including phenoxy) is 1. The van der Waals surface area contributed by atoms with E-state index < -0.39 is 0 Å². The van der Waals surface area contributed by atoms with Crippen molar-refractivity contribution < 1.29 is 23.9 Å². The first-order valence-electron chi connectivity index (χ1n) is 14.3. The zero-order valence-electron chi connectivity index (χ0n) is 24.3. The van der Waals surface area contributed by atoms with Crippen LogP contribution < -0.4 is 10.6 Å². The fourth-order valence-electron chi connectivity index (χ4n) is 4.83. The SMILES string of the molecule is CC1CCC(=O)NC1=O.CCCc1cc(CNC(=O)Cc2ccc(C)c(CN3CCOCC3)c2)ccc1C(C)=O. The van der Waals surface area contributed by atoms with Gasteiger partial charge in [-0.1, -0.05) is 56.7 Å². The maximum Gasteiger partial charge on any atom is 0.229 e. The van der Waals surface area contributed by atoms with Crippen molar-refractivity contribution in [2.75, 3.05) is 26.3 Å². The van der Waals surface area contributed by atoms with Gasteiger partial charge in [-0.25, -0.2) is 0 Å². The summed E-state index contributed by atoms with van der Waals surface area (Å²) in [4.78, 5) is 47.9. The Morgan fingerprint density at radius 3 is 2.40 bits per heavy atom. The van der Waals surface area contributed by atoms with Gasteiger partial charge in [0.15, 0.2) is 5.78 Å². The molecule has 2 aliphatic heterocycles. The van der Waals surface area contributed by atoms with Gasteiger partial charge in [-0.2, -0.15) is 0 Å². The highest BCUT2D eigenvalue weighted by atomic mass is 16.5. The second-order valence-corrected chi connectivity index (χ2v) is 10.8. The standard InChI is InChI=1S/C26H34N2O3.C6H9NO2/c1-4-5-23-15-22(8-9-25(23)20(3)29)17-27-26(30)16-21-7-6-19(2)24(14-21)18-28-10-12-31-13-11-28;1-4-2-3-5(8)7-6(4)9/h6-9,14-15H,4-5,10-13,16-18H2,1-3H3,(H,27,30);4H,2-3H2,1H3,(H,7,8,9). The third kappa shape index (κ3) is 9.68. The summed E-state index contributed by atoms with van der Waals surface area (Å²) in [5.41, 5.74) is 6.43. The van der Waals surface area contributed by atoms with Gasteiger partial charge in [0.25, 0.3) is 0 Å². The van der Waals surface area contributed by atoms with Crippen LogP contribution in [0.3, 0.4) is 0 Å². The molecular weight excluding hydrogens is 506 g/mol. The van der Waals surface area contributed by atoms with Crippen molar-refractivity contribution in [1.29, 1.82) is 0 Å². The molecule has 8 heteroatoms. The lowest BCUT2D eigenvalue weighted by atomic mass is 9.98. The number of hydrogen-bond donors (Lipinski definition) is 2. The number of benzene rings is 2. The largest absolute Gasteiger partial charge is 0.379 e. The van der Waals surface area contributed by atoms with Gasteiger partial charge in [-0.15, -0.1) is 0 Å². The molecule has 40 heavy (non-hydrogen) atoms. The Morgan fingerprint density at radius 2 is 1.75 bits per heavy atom. The van der Waals surface area contributed by atoms with E-state index in [0.29, 0.717) is 25.8 Å². The van der Waals surface area contributed by atoms with Crippen LogP contribution in [0, 0.1) is 12.8 Å². The number of carbonyl (C=O) groups excluding carboxylic acids is 4. The van der Waals surface area contributed by atoms with Crippen molar-refractivity contribution in [3.05, 3.63) is 69.8 Å². The number of rotatable bonds is 9. The van der Waals surface area contributed by atoms with Gasteiger partial charge >= 0.3 is 0 Å². The maximum atomic E-state index is 12.6. The Balaban J connectivity index is 0.000000415. The van der Waals surface area contributed by atoms with Gasteiger partial charge in [0, 0.05) is 44.1 Å². The van der Waals surface area contributed by atoms with Crippen molar-refractivity contribution in [2.45, 2.75) is 72.9 Å². The van der Waals surface area contributed by atoms with Crippen molar-refractivity contribution in [1.82, 2.24) is 15.5 Å². The number of carbonyl (C=O) groups is 4. The van der Waals surface area contributed by atoms with E-state index in [9.17, 15) is 19.2 Å². The molecule has 2 aromatic carbocycles. The molecule has 0 radical (unpaired) electrons. The van der Waals surface area contributed by atoms with E-state index in [2.05, 4.69) is 41.5 Å². The van der Waals surface area contributed by atoms with Gasteiger partial charge in [-0.05, 0) is 54.5 Å². The molecular formula is C32H43N3O5. The highest BCUT2D eigenvalue weighted by molar-refractivity contribution is 5.98. The average Bonchev–Trinajstić information content (AvgIpc) is 2.93. The number of amides is 3. The van der Waals surface area contributed by atoms with E-state index in [1.54, 1.807) is 6.92 Å². The molecule has 8 nitrogen and oxygen atoms in total. The van der Waals surface area contributed by atoms with E-state index in [0.717, 1.165) is 67.9 Å². The molecule has 2 N–H and O–H groups in total. The molecule has 0 aromatic heterocycles. The van der Waals surface area contributed by atoms with E-state index in [-0.39, 0.29) is 29.4 Å². The number of nitrogens with zero attached hydrogens (tertiary/aromatic N) is 1. The molecule has 1 unspecified atom stereocenters. The lowest BCUT2D eigenvalue weighted by Gasteiger charge is -2.27. The molecule has 2 fully saturated rings. The van der Waals surface area contributed by atoms with Crippen LogP contribution in [0.1, 0.15) is 78.2 Å².